The average molecular weight is 351 g/mol. The standard InChI is InChI=1S/C21H18FNO3/c1-12-9-16(23)10-13(2)21(12)26-17-7-8-19(24)18(11-17)20(25)14-3-5-15(22)6-4-14/h3-11,24H,23H2,1-2H3. The van der Waals surface area contributed by atoms with Crippen molar-refractivity contribution in [3.8, 4) is 17.2 Å². The van der Waals surface area contributed by atoms with Crippen LogP contribution in [0.3, 0.4) is 0 Å². The summed E-state index contributed by atoms with van der Waals surface area (Å²) in [7, 11) is 0. The Morgan fingerprint density at radius 1 is 1.00 bits per heavy atom. The molecule has 0 aromatic heterocycles. The number of hydrogen-bond acceptors (Lipinski definition) is 4. The normalized spacial score (nSPS) is 10.6. The van der Waals surface area contributed by atoms with Gasteiger partial charge in [0.25, 0.3) is 0 Å². The lowest BCUT2D eigenvalue weighted by Gasteiger charge is -2.14. The van der Waals surface area contributed by atoms with E-state index in [9.17, 15) is 14.3 Å². The highest BCUT2D eigenvalue weighted by atomic mass is 19.1. The number of anilines is 1. The van der Waals surface area contributed by atoms with Crippen molar-refractivity contribution in [1.82, 2.24) is 0 Å². The molecule has 0 radical (unpaired) electrons. The Hall–Kier alpha value is -3.34. The van der Waals surface area contributed by atoms with Gasteiger partial charge in [-0.3, -0.25) is 4.79 Å². The maximum absolute atomic E-state index is 13.1. The molecule has 3 rings (SSSR count). The number of rotatable bonds is 4. The molecule has 0 unspecified atom stereocenters. The zero-order chi connectivity index (χ0) is 18.8. The predicted molar refractivity (Wildman–Crippen MR) is 98.3 cm³/mol. The van der Waals surface area contributed by atoms with E-state index >= 15 is 0 Å². The van der Waals surface area contributed by atoms with Crippen LogP contribution in [-0.4, -0.2) is 10.9 Å². The zero-order valence-corrected chi connectivity index (χ0v) is 14.4. The van der Waals surface area contributed by atoms with E-state index in [4.69, 9.17) is 10.5 Å². The summed E-state index contributed by atoms with van der Waals surface area (Å²) in [6, 6.07) is 13.2. The first-order valence-corrected chi connectivity index (χ1v) is 8.03. The van der Waals surface area contributed by atoms with Crippen LogP contribution >= 0.6 is 0 Å². The molecule has 5 heteroatoms. The zero-order valence-electron chi connectivity index (χ0n) is 14.4. The third-order valence-electron chi connectivity index (χ3n) is 4.02. The Balaban J connectivity index is 1.96. The second kappa shape index (κ2) is 6.88. The summed E-state index contributed by atoms with van der Waals surface area (Å²) < 4.78 is 19.0. The van der Waals surface area contributed by atoms with E-state index in [-0.39, 0.29) is 16.9 Å². The number of phenolic OH excluding ortho intramolecular Hbond substituents is 1. The number of halogens is 1. The molecule has 0 heterocycles. The van der Waals surface area contributed by atoms with E-state index in [2.05, 4.69) is 0 Å². The minimum atomic E-state index is -0.433. The van der Waals surface area contributed by atoms with Gasteiger partial charge in [-0.05, 0) is 79.6 Å². The molecular formula is C21H18FNO3. The third-order valence-corrected chi connectivity index (χ3v) is 4.02. The molecule has 0 atom stereocenters. The highest BCUT2D eigenvalue weighted by Crippen LogP contribution is 2.33. The van der Waals surface area contributed by atoms with E-state index in [1.54, 1.807) is 18.2 Å². The maximum atomic E-state index is 13.1. The molecule has 132 valence electrons. The van der Waals surface area contributed by atoms with E-state index in [1.165, 1.54) is 36.4 Å². The average Bonchev–Trinajstić information content (AvgIpc) is 2.59. The van der Waals surface area contributed by atoms with Crippen molar-refractivity contribution in [3.05, 3.63) is 82.7 Å². The molecule has 3 aromatic carbocycles. The lowest BCUT2D eigenvalue weighted by molar-refractivity contribution is 0.103. The topological polar surface area (TPSA) is 72.6 Å². The van der Waals surface area contributed by atoms with Gasteiger partial charge in [-0.1, -0.05) is 0 Å². The Kier molecular flexibility index (Phi) is 4.63. The molecule has 0 saturated carbocycles. The van der Waals surface area contributed by atoms with Crippen LogP contribution in [0.25, 0.3) is 0 Å². The van der Waals surface area contributed by atoms with Crippen LogP contribution in [0, 0.1) is 19.7 Å². The summed E-state index contributed by atoms with van der Waals surface area (Å²) in [4.78, 5) is 12.6. The lowest BCUT2D eigenvalue weighted by Crippen LogP contribution is -2.02. The van der Waals surface area contributed by atoms with Gasteiger partial charge in [0.05, 0.1) is 5.56 Å². The Labute approximate surface area is 150 Å². The molecule has 0 aliphatic rings. The first-order valence-electron chi connectivity index (χ1n) is 8.03. The van der Waals surface area contributed by atoms with Crippen molar-refractivity contribution in [1.29, 1.82) is 0 Å². The van der Waals surface area contributed by atoms with Crippen LogP contribution in [0.1, 0.15) is 27.0 Å². The molecule has 0 amide bonds. The van der Waals surface area contributed by atoms with Gasteiger partial charge in [0.15, 0.2) is 5.78 Å². The first-order chi connectivity index (χ1) is 12.3. The second-order valence-electron chi connectivity index (χ2n) is 6.10. The Bertz CT molecular complexity index is 958. The first kappa shape index (κ1) is 17.5. The van der Waals surface area contributed by atoms with Crippen molar-refractivity contribution in [2.24, 2.45) is 0 Å². The number of carbonyl (C=O) groups is 1. The number of ether oxygens (including phenoxy) is 1. The van der Waals surface area contributed by atoms with Gasteiger partial charge < -0.3 is 15.6 Å². The number of nitrogens with two attached hydrogens (primary N) is 1. The van der Waals surface area contributed by atoms with E-state index in [1.807, 2.05) is 13.8 Å². The molecule has 0 spiro atoms. The number of phenols is 1. The van der Waals surface area contributed by atoms with Crippen LogP contribution in [0.4, 0.5) is 10.1 Å². The fourth-order valence-corrected chi connectivity index (χ4v) is 2.78. The van der Waals surface area contributed by atoms with Crippen LogP contribution in [0.2, 0.25) is 0 Å². The van der Waals surface area contributed by atoms with Gasteiger partial charge in [-0.15, -0.1) is 0 Å². The van der Waals surface area contributed by atoms with E-state index in [0.29, 0.717) is 17.2 Å². The molecule has 3 N–H and O–H groups in total. The molecule has 0 aliphatic heterocycles. The Morgan fingerprint density at radius 2 is 1.62 bits per heavy atom. The fourth-order valence-electron chi connectivity index (χ4n) is 2.78. The number of aryl methyl sites for hydroxylation is 2. The summed E-state index contributed by atoms with van der Waals surface area (Å²) in [6.07, 6.45) is 0. The van der Waals surface area contributed by atoms with Gasteiger partial charge in [0.1, 0.15) is 23.1 Å². The molecular weight excluding hydrogens is 333 g/mol. The van der Waals surface area contributed by atoms with Gasteiger partial charge in [-0.25, -0.2) is 4.39 Å². The number of nitrogen functional groups attached to an aromatic ring is 1. The number of hydrogen-bond donors (Lipinski definition) is 2. The quantitative estimate of drug-likeness (QED) is 0.525. The molecule has 0 saturated heterocycles. The molecule has 0 aliphatic carbocycles. The van der Waals surface area contributed by atoms with Crippen LogP contribution < -0.4 is 10.5 Å². The lowest BCUT2D eigenvalue weighted by atomic mass is 10.0. The summed E-state index contributed by atoms with van der Waals surface area (Å²) in [5.74, 6) is 0.0302. The second-order valence-corrected chi connectivity index (χ2v) is 6.10. The summed E-state index contributed by atoms with van der Waals surface area (Å²) in [5, 5.41) is 10.1. The molecule has 4 nitrogen and oxygen atoms in total. The van der Waals surface area contributed by atoms with Crippen LogP contribution in [-0.2, 0) is 0 Å². The summed E-state index contributed by atoms with van der Waals surface area (Å²) in [5.41, 5.74) is 8.55. The predicted octanol–water partition coefficient (Wildman–Crippen LogP) is 4.75. The summed E-state index contributed by atoms with van der Waals surface area (Å²) >= 11 is 0. The van der Waals surface area contributed by atoms with Crippen molar-refractivity contribution in [3.63, 3.8) is 0 Å². The third kappa shape index (κ3) is 3.52. The number of aromatic hydroxyl groups is 1. The van der Waals surface area contributed by atoms with Gasteiger partial charge >= 0.3 is 0 Å². The largest absolute Gasteiger partial charge is 0.507 e. The minimum absolute atomic E-state index is 0.0832. The molecule has 0 fully saturated rings. The van der Waals surface area contributed by atoms with Crippen molar-refractivity contribution < 1.29 is 19.0 Å². The monoisotopic (exact) mass is 351 g/mol. The summed E-state index contributed by atoms with van der Waals surface area (Å²) in [6.45, 7) is 3.76. The molecule has 26 heavy (non-hydrogen) atoms. The van der Waals surface area contributed by atoms with Crippen molar-refractivity contribution >= 4 is 11.5 Å². The van der Waals surface area contributed by atoms with Crippen LogP contribution in [0.15, 0.2) is 54.6 Å². The fraction of sp³-hybridized carbons (Fsp3) is 0.0952. The van der Waals surface area contributed by atoms with E-state index < -0.39 is 11.6 Å². The Morgan fingerprint density at radius 3 is 2.23 bits per heavy atom. The molecule has 0 bridgehead atoms. The van der Waals surface area contributed by atoms with Crippen molar-refractivity contribution in [2.75, 3.05) is 5.73 Å². The van der Waals surface area contributed by atoms with Crippen molar-refractivity contribution in [2.45, 2.75) is 13.8 Å². The highest BCUT2D eigenvalue weighted by Gasteiger charge is 2.16. The van der Waals surface area contributed by atoms with Crippen LogP contribution in [0.5, 0.6) is 17.2 Å². The van der Waals surface area contributed by atoms with Gasteiger partial charge in [-0.2, -0.15) is 0 Å². The number of ketones is 1. The van der Waals surface area contributed by atoms with Gasteiger partial charge in [0.2, 0.25) is 0 Å². The maximum Gasteiger partial charge on any atom is 0.196 e. The highest BCUT2D eigenvalue weighted by molar-refractivity contribution is 6.10. The molecule has 3 aromatic rings. The SMILES string of the molecule is Cc1cc(N)cc(C)c1Oc1ccc(O)c(C(=O)c2ccc(F)cc2)c1. The number of carbonyl (C=O) groups excluding carboxylic acids is 1. The minimum Gasteiger partial charge on any atom is -0.507 e. The van der Waals surface area contributed by atoms with E-state index in [0.717, 1.165) is 11.1 Å². The van der Waals surface area contributed by atoms with Gasteiger partial charge in [0, 0.05) is 11.3 Å². The smallest absolute Gasteiger partial charge is 0.196 e. The number of benzene rings is 3.